The predicted molar refractivity (Wildman–Crippen MR) is 88.5 cm³/mol. The van der Waals surface area contributed by atoms with Crippen molar-refractivity contribution in [1.29, 1.82) is 0 Å². The minimum absolute atomic E-state index is 0.0452. The summed E-state index contributed by atoms with van der Waals surface area (Å²) in [6.07, 6.45) is 0.485. The fourth-order valence-electron chi connectivity index (χ4n) is 3.42. The van der Waals surface area contributed by atoms with Gasteiger partial charge in [-0.15, -0.1) is 0 Å². The molecule has 0 saturated carbocycles. The van der Waals surface area contributed by atoms with Gasteiger partial charge in [0.1, 0.15) is 5.75 Å². The van der Waals surface area contributed by atoms with Crippen molar-refractivity contribution in [2.24, 2.45) is 5.92 Å². The molecule has 0 aromatic heterocycles. The van der Waals surface area contributed by atoms with Gasteiger partial charge in [0.2, 0.25) is 11.8 Å². The molecule has 2 aliphatic rings. The number of hydrogen-bond acceptors (Lipinski definition) is 4. The number of benzene rings is 1. The van der Waals surface area contributed by atoms with Gasteiger partial charge in [0.25, 0.3) is 0 Å². The van der Waals surface area contributed by atoms with E-state index in [4.69, 9.17) is 9.47 Å². The van der Waals surface area contributed by atoms with Crippen LogP contribution in [0.1, 0.15) is 18.9 Å². The van der Waals surface area contributed by atoms with E-state index in [1.165, 1.54) is 0 Å². The van der Waals surface area contributed by atoms with Gasteiger partial charge in [0.15, 0.2) is 0 Å². The van der Waals surface area contributed by atoms with Crippen molar-refractivity contribution in [2.75, 3.05) is 33.4 Å². The maximum Gasteiger partial charge on any atom is 0.228 e. The molecule has 6 nitrogen and oxygen atoms in total. The van der Waals surface area contributed by atoms with Crippen LogP contribution in [-0.2, 0) is 20.9 Å². The Kier molecular flexibility index (Phi) is 5.04. The van der Waals surface area contributed by atoms with E-state index in [9.17, 15) is 9.59 Å². The van der Waals surface area contributed by atoms with Gasteiger partial charge < -0.3 is 19.3 Å². The maximum atomic E-state index is 12.9. The Morgan fingerprint density at radius 1 is 1.29 bits per heavy atom. The Balaban J connectivity index is 1.68. The predicted octanol–water partition coefficient (Wildman–Crippen LogP) is 1.29. The zero-order chi connectivity index (χ0) is 17.1. The lowest BCUT2D eigenvalue weighted by Crippen LogP contribution is -2.50. The lowest BCUT2D eigenvalue weighted by molar-refractivity contribution is -0.144. The average molecular weight is 332 g/mol. The third-order valence-electron chi connectivity index (χ3n) is 4.86. The van der Waals surface area contributed by atoms with E-state index in [-0.39, 0.29) is 23.8 Å². The monoisotopic (exact) mass is 332 g/mol. The van der Waals surface area contributed by atoms with Crippen LogP contribution in [0.4, 0.5) is 0 Å². The van der Waals surface area contributed by atoms with Crippen LogP contribution in [0.15, 0.2) is 24.3 Å². The van der Waals surface area contributed by atoms with Crippen molar-refractivity contribution < 1.29 is 19.1 Å². The standard InChI is InChI=1S/C18H24N2O4/c1-13(21)19-8-7-16-17(12-19)24-10-9-20(18(16)22)11-14-3-5-15(23-2)6-4-14/h3-6,16-17H,7-12H2,1-2H3/t16-,17+/m0/s1. The maximum absolute atomic E-state index is 12.9. The molecule has 2 aliphatic heterocycles. The zero-order valence-electron chi connectivity index (χ0n) is 14.2. The van der Waals surface area contributed by atoms with Gasteiger partial charge in [-0.25, -0.2) is 0 Å². The molecule has 2 amide bonds. The Morgan fingerprint density at radius 3 is 2.71 bits per heavy atom. The summed E-state index contributed by atoms with van der Waals surface area (Å²) >= 11 is 0. The third kappa shape index (κ3) is 3.53. The van der Waals surface area contributed by atoms with Crippen molar-refractivity contribution >= 4 is 11.8 Å². The molecule has 6 heteroatoms. The number of hydrogen-bond donors (Lipinski definition) is 0. The molecule has 0 unspecified atom stereocenters. The van der Waals surface area contributed by atoms with Crippen LogP contribution < -0.4 is 4.74 Å². The van der Waals surface area contributed by atoms with Gasteiger partial charge in [-0.3, -0.25) is 9.59 Å². The van der Waals surface area contributed by atoms with Crippen molar-refractivity contribution in [2.45, 2.75) is 26.0 Å². The largest absolute Gasteiger partial charge is 0.497 e. The first-order chi connectivity index (χ1) is 11.6. The highest BCUT2D eigenvalue weighted by Crippen LogP contribution is 2.26. The number of rotatable bonds is 3. The fourth-order valence-corrected chi connectivity index (χ4v) is 3.42. The molecule has 0 N–H and O–H groups in total. The summed E-state index contributed by atoms with van der Waals surface area (Å²) in [6.45, 7) is 4.37. The summed E-state index contributed by atoms with van der Waals surface area (Å²) in [5.41, 5.74) is 1.07. The second-order valence-electron chi connectivity index (χ2n) is 6.38. The van der Waals surface area contributed by atoms with Gasteiger partial charge in [-0.2, -0.15) is 0 Å². The fraction of sp³-hybridized carbons (Fsp3) is 0.556. The Morgan fingerprint density at radius 2 is 2.04 bits per heavy atom. The Labute approximate surface area is 142 Å². The summed E-state index contributed by atoms with van der Waals surface area (Å²) in [5.74, 6) is 0.836. The highest BCUT2D eigenvalue weighted by atomic mass is 16.5. The van der Waals surface area contributed by atoms with E-state index in [0.29, 0.717) is 39.2 Å². The third-order valence-corrected chi connectivity index (χ3v) is 4.86. The van der Waals surface area contributed by atoms with Crippen molar-refractivity contribution in [3.63, 3.8) is 0 Å². The average Bonchev–Trinajstić information content (AvgIpc) is 2.75. The summed E-state index contributed by atoms with van der Waals surface area (Å²) in [5, 5.41) is 0. The Hall–Kier alpha value is -2.08. The summed E-state index contributed by atoms with van der Waals surface area (Å²) in [6, 6.07) is 7.77. The molecule has 0 aliphatic carbocycles. The molecular weight excluding hydrogens is 308 g/mol. The second-order valence-corrected chi connectivity index (χ2v) is 6.38. The normalized spacial score (nSPS) is 24.3. The highest BCUT2D eigenvalue weighted by Gasteiger charge is 2.39. The molecule has 130 valence electrons. The van der Waals surface area contributed by atoms with Crippen LogP contribution in [0.25, 0.3) is 0 Å². The summed E-state index contributed by atoms with van der Waals surface area (Å²) in [7, 11) is 1.64. The van der Waals surface area contributed by atoms with Gasteiger partial charge in [0.05, 0.1) is 25.7 Å². The molecule has 0 bridgehead atoms. The Bertz CT molecular complexity index is 602. The van der Waals surface area contributed by atoms with Crippen molar-refractivity contribution in [1.82, 2.24) is 9.80 Å². The molecule has 1 aromatic rings. The number of piperidine rings is 1. The van der Waals surface area contributed by atoms with Crippen LogP contribution in [-0.4, -0.2) is 61.1 Å². The van der Waals surface area contributed by atoms with Gasteiger partial charge >= 0.3 is 0 Å². The highest BCUT2D eigenvalue weighted by molar-refractivity contribution is 5.80. The molecular formula is C18H24N2O4. The van der Waals surface area contributed by atoms with Crippen LogP contribution >= 0.6 is 0 Å². The minimum atomic E-state index is -0.184. The van der Waals surface area contributed by atoms with Crippen LogP contribution in [0.2, 0.25) is 0 Å². The summed E-state index contributed by atoms with van der Waals surface area (Å²) < 4.78 is 11.1. The molecule has 2 saturated heterocycles. The zero-order valence-corrected chi connectivity index (χ0v) is 14.2. The summed E-state index contributed by atoms with van der Waals surface area (Å²) in [4.78, 5) is 28.1. The lowest BCUT2D eigenvalue weighted by atomic mass is 9.92. The van der Waals surface area contributed by atoms with Crippen molar-refractivity contribution in [3.8, 4) is 5.75 Å². The first kappa shape index (κ1) is 16.8. The van der Waals surface area contributed by atoms with Crippen LogP contribution in [0.3, 0.4) is 0 Å². The van der Waals surface area contributed by atoms with E-state index in [1.807, 2.05) is 29.2 Å². The molecule has 1 aromatic carbocycles. The number of carbonyl (C=O) groups is 2. The van der Waals surface area contributed by atoms with Crippen LogP contribution in [0, 0.1) is 5.92 Å². The molecule has 24 heavy (non-hydrogen) atoms. The molecule has 3 rings (SSSR count). The quantitative estimate of drug-likeness (QED) is 0.837. The molecule has 0 spiro atoms. The number of ether oxygens (including phenoxy) is 2. The van der Waals surface area contributed by atoms with Gasteiger partial charge in [-0.1, -0.05) is 12.1 Å². The number of likely N-dealkylation sites (tertiary alicyclic amines) is 1. The number of nitrogens with zero attached hydrogens (tertiary/aromatic N) is 2. The molecule has 2 heterocycles. The smallest absolute Gasteiger partial charge is 0.228 e. The number of amides is 2. The van der Waals surface area contributed by atoms with E-state index in [1.54, 1.807) is 18.9 Å². The number of carbonyl (C=O) groups excluding carboxylic acids is 2. The van der Waals surface area contributed by atoms with Crippen molar-refractivity contribution in [3.05, 3.63) is 29.8 Å². The van der Waals surface area contributed by atoms with Gasteiger partial charge in [-0.05, 0) is 24.1 Å². The van der Waals surface area contributed by atoms with Crippen LogP contribution in [0.5, 0.6) is 5.75 Å². The first-order valence-electron chi connectivity index (χ1n) is 8.37. The molecule has 2 fully saturated rings. The molecule has 0 radical (unpaired) electrons. The minimum Gasteiger partial charge on any atom is -0.497 e. The van der Waals surface area contributed by atoms with E-state index in [0.717, 1.165) is 11.3 Å². The van der Waals surface area contributed by atoms with Gasteiger partial charge in [0, 0.05) is 33.1 Å². The van der Waals surface area contributed by atoms with E-state index in [2.05, 4.69) is 0 Å². The van der Waals surface area contributed by atoms with E-state index < -0.39 is 0 Å². The topological polar surface area (TPSA) is 59.1 Å². The number of fused-ring (bicyclic) bond motifs is 1. The van der Waals surface area contributed by atoms with E-state index >= 15 is 0 Å². The lowest BCUT2D eigenvalue weighted by Gasteiger charge is -2.36. The second kappa shape index (κ2) is 7.21. The molecule has 2 atom stereocenters. The number of methoxy groups -OCH3 is 1. The SMILES string of the molecule is COc1ccc(CN2CCO[C@@H]3CN(C(C)=O)CC[C@@H]3C2=O)cc1. The first-order valence-corrected chi connectivity index (χ1v) is 8.37.